The largest absolute Gasteiger partial charge is 0.331 e. The molecule has 0 unspecified atom stereocenters. The number of ketones is 1. The van der Waals surface area contributed by atoms with Crippen LogP contribution in [-0.4, -0.2) is 25.6 Å². The molecule has 0 bridgehead atoms. The van der Waals surface area contributed by atoms with Crippen molar-refractivity contribution in [1.82, 2.24) is 14.1 Å². The molecule has 0 spiro atoms. The second kappa shape index (κ2) is 4.09. The fraction of sp³-hybridized carbons (Fsp3) is 0.154. The summed E-state index contributed by atoms with van der Waals surface area (Å²) in [6.45, 7) is 0. The van der Waals surface area contributed by atoms with E-state index in [-0.39, 0.29) is 17.1 Å². The first-order chi connectivity index (χ1) is 9.52. The number of Topliss-reactive ketones (excluding diaryl/α,β-unsaturated/α-hetero) is 1. The Bertz CT molecular complexity index is 875. The molecule has 0 aromatic carbocycles. The highest BCUT2D eigenvalue weighted by Gasteiger charge is 2.31. The van der Waals surface area contributed by atoms with Crippen LogP contribution in [0.4, 0.5) is 5.69 Å². The van der Waals surface area contributed by atoms with Crippen molar-refractivity contribution in [3.05, 3.63) is 56.6 Å². The van der Waals surface area contributed by atoms with Gasteiger partial charge in [-0.25, -0.2) is 9.79 Å². The Morgan fingerprint density at radius 2 is 1.85 bits per heavy atom. The monoisotopic (exact) mass is 270 g/mol. The lowest BCUT2D eigenvalue weighted by atomic mass is 10.1. The molecule has 3 heterocycles. The third-order valence-corrected chi connectivity index (χ3v) is 3.23. The Morgan fingerprint density at radius 3 is 2.50 bits per heavy atom. The van der Waals surface area contributed by atoms with Crippen molar-refractivity contribution in [3.63, 3.8) is 0 Å². The number of nitrogens with zero attached hydrogens (tertiary/aromatic N) is 4. The molecular weight excluding hydrogens is 260 g/mol. The zero-order valence-electron chi connectivity index (χ0n) is 10.8. The van der Waals surface area contributed by atoms with Gasteiger partial charge in [0.1, 0.15) is 11.4 Å². The van der Waals surface area contributed by atoms with E-state index in [2.05, 4.69) is 9.98 Å². The second-order valence-electron chi connectivity index (χ2n) is 4.43. The van der Waals surface area contributed by atoms with Gasteiger partial charge in [-0.2, -0.15) is 0 Å². The van der Waals surface area contributed by atoms with Gasteiger partial charge < -0.3 is 0 Å². The summed E-state index contributed by atoms with van der Waals surface area (Å²) in [6.07, 6.45) is 3.07. The normalized spacial score (nSPS) is 13.3. The molecule has 7 heteroatoms. The van der Waals surface area contributed by atoms with Crippen LogP contribution < -0.4 is 11.2 Å². The first-order valence-corrected chi connectivity index (χ1v) is 5.86. The van der Waals surface area contributed by atoms with Gasteiger partial charge in [-0.05, 0) is 12.1 Å². The van der Waals surface area contributed by atoms with Gasteiger partial charge in [0.05, 0.1) is 0 Å². The highest BCUT2D eigenvalue weighted by Crippen LogP contribution is 2.23. The molecule has 1 aliphatic heterocycles. The van der Waals surface area contributed by atoms with Crippen LogP contribution in [0.25, 0.3) is 0 Å². The maximum Gasteiger partial charge on any atom is 0.331 e. The van der Waals surface area contributed by atoms with Crippen molar-refractivity contribution in [2.75, 3.05) is 0 Å². The van der Waals surface area contributed by atoms with E-state index in [1.54, 1.807) is 18.3 Å². The first-order valence-electron chi connectivity index (χ1n) is 5.86. The minimum atomic E-state index is -0.574. The number of rotatable bonds is 1. The summed E-state index contributed by atoms with van der Waals surface area (Å²) in [5.74, 6) is -0.440. The zero-order valence-corrected chi connectivity index (χ0v) is 10.8. The molecule has 0 amide bonds. The molecule has 0 N–H and O–H groups in total. The van der Waals surface area contributed by atoms with Gasteiger partial charge in [0.25, 0.3) is 5.56 Å². The number of fused-ring (bicyclic) bond motifs is 1. The average Bonchev–Trinajstić information content (AvgIpc) is 2.81. The predicted molar refractivity (Wildman–Crippen MR) is 71.7 cm³/mol. The lowest BCUT2D eigenvalue weighted by molar-refractivity contribution is 0.106. The minimum Gasteiger partial charge on any atom is -0.291 e. The second-order valence-corrected chi connectivity index (χ2v) is 4.43. The number of aromatic nitrogens is 3. The van der Waals surface area contributed by atoms with E-state index in [0.29, 0.717) is 5.56 Å². The van der Waals surface area contributed by atoms with Gasteiger partial charge in [0.15, 0.2) is 5.69 Å². The van der Waals surface area contributed by atoms with E-state index >= 15 is 0 Å². The van der Waals surface area contributed by atoms with Gasteiger partial charge in [0, 0.05) is 32.1 Å². The van der Waals surface area contributed by atoms with E-state index in [1.807, 2.05) is 0 Å². The Morgan fingerprint density at radius 1 is 1.10 bits per heavy atom. The SMILES string of the molecule is Cn1c2c(c(=O)n(C)c1=O)N=C(c1cccnc1)C2=O. The number of aliphatic imine (C=N–C) groups is 1. The summed E-state index contributed by atoms with van der Waals surface area (Å²) in [7, 11) is 2.80. The van der Waals surface area contributed by atoms with E-state index < -0.39 is 17.0 Å². The number of carbonyl (C=O) groups excluding carboxylic acids is 1. The number of hydrogen-bond donors (Lipinski definition) is 0. The van der Waals surface area contributed by atoms with Crippen LogP contribution in [-0.2, 0) is 14.1 Å². The van der Waals surface area contributed by atoms with Gasteiger partial charge >= 0.3 is 5.69 Å². The van der Waals surface area contributed by atoms with Gasteiger partial charge in [-0.3, -0.25) is 23.7 Å². The molecule has 0 aliphatic carbocycles. The summed E-state index contributed by atoms with van der Waals surface area (Å²) in [5, 5.41) is 0. The summed E-state index contributed by atoms with van der Waals surface area (Å²) in [4.78, 5) is 44.3. The molecular formula is C13H10N4O3. The molecule has 100 valence electrons. The summed E-state index contributed by atoms with van der Waals surface area (Å²) < 4.78 is 2.08. The molecule has 0 atom stereocenters. The molecule has 3 rings (SSSR count). The first kappa shape index (κ1) is 12.2. The van der Waals surface area contributed by atoms with Gasteiger partial charge in [-0.15, -0.1) is 0 Å². The fourth-order valence-electron chi connectivity index (χ4n) is 2.16. The fourth-order valence-corrected chi connectivity index (χ4v) is 2.16. The highest BCUT2D eigenvalue weighted by molar-refractivity contribution is 6.54. The summed E-state index contributed by atoms with van der Waals surface area (Å²) >= 11 is 0. The van der Waals surface area contributed by atoms with E-state index in [9.17, 15) is 14.4 Å². The zero-order chi connectivity index (χ0) is 14.4. The van der Waals surface area contributed by atoms with Crippen molar-refractivity contribution < 1.29 is 4.79 Å². The molecule has 0 radical (unpaired) electrons. The Balaban J connectivity index is 2.31. The van der Waals surface area contributed by atoms with Gasteiger partial charge in [-0.1, -0.05) is 0 Å². The molecule has 20 heavy (non-hydrogen) atoms. The van der Waals surface area contributed by atoms with E-state index in [1.165, 1.54) is 20.3 Å². The lowest BCUT2D eigenvalue weighted by Crippen LogP contribution is -2.38. The summed E-state index contributed by atoms with van der Waals surface area (Å²) in [6, 6.07) is 3.35. The van der Waals surface area contributed by atoms with Crippen LogP contribution in [0.15, 0.2) is 39.1 Å². The smallest absolute Gasteiger partial charge is 0.291 e. The Hall–Kier alpha value is -2.83. The number of carbonyl (C=O) groups is 1. The van der Waals surface area contributed by atoms with Crippen LogP contribution >= 0.6 is 0 Å². The quantitative estimate of drug-likeness (QED) is 0.718. The maximum absolute atomic E-state index is 12.4. The minimum absolute atomic E-state index is 0.00143. The average molecular weight is 270 g/mol. The van der Waals surface area contributed by atoms with Gasteiger partial charge in [0.2, 0.25) is 5.78 Å². The third kappa shape index (κ3) is 1.49. The van der Waals surface area contributed by atoms with Crippen molar-refractivity contribution in [3.8, 4) is 0 Å². The Kier molecular flexibility index (Phi) is 2.50. The lowest BCUT2D eigenvalue weighted by Gasteiger charge is -2.06. The van der Waals surface area contributed by atoms with Crippen LogP contribution in [0.5, 0.6) is 0 Å². The molecule has 2 aromatic heterocycles. The standard InChI is InChI=1S/C13H10N4O3/c1-16-10-9(12(19)17(2)13(16)20)15-8(11(10)18)7-4-3-5-14-6-7/h3-6H,1-2H3. The van der Waals surface area contributed by atoms with Crippen molar-refractivity contribution in [1.29, 1.82) is 0 Å². The molecule has 0 saturated heterocycles. The van der Waals surface area contributed by atoms with E-state index in [4.69, 9.17) is 0 Å². The van der Waals surface area contributed by atoms with Crippen LogP contribution in [0.2, 0.25) is 0 Å². The van der Waals surface area contributed by atoms with E-state index in [0.717, 1.165) is 9.13 Å². The van der Waals surface area contributed by atoms with Crippen molar-refractivity contribution >= 4 is 17.2 Å². The Labute approximate surface area is 112 Å². The molecule has 0 saturated carbocycles. The van der Waals surface area contributed by atoms with Crippen molar-refractivity contribution in [2.45, 2.75) is 0 Å². The van der Waals surface area contributed by atoms with Crippen LogP contribution in [0.3, 0.4) is 0 Å². The molecule has 2 aromatic rings. The van der Waals surface area contributed by atoms with Crippen LogP contribution in [0.1, 0.15) is 16.1 Å². The summed E-state index contributed by atoms with van der Waals surface area (Å²) in [5.41, 5.74) is -0.454. The maximum atomic E-state index is 12.4. The predicted octanol–water partition coefficient (Wildman–Crippen LogP) is -0.204. The highest BCUT2D eigenvalue weighted by atomic mass is 16.2. The molecule has 1 aliphatic rings. The molecule has 0 fully saturated rings. The number of pyridine rings is 1. The van der Waals surface area contributed by atoms with Crippen LogP contribution in [0, 0.1) is 0 Å². The molecule has 7 nitrogen and oxygen atoms in total. The number of hydrogen-bond acceptors (Lipinski definition) is 5. The topological polar surface area (TPSA) is 86.3 Å². The third-order valence-electron chi connectivity index (χ3n) is 3.23. The van der Waals surface area contributed by atoms with Crippen molar-refractivity contribution in [2.24, 2.45) is 19.1 Å².